The van der Waals surface area contributed by atoms with E-state index in [0.29, 0.717) is 24.2 Å². The summed E-state index contributed by atoms with van der Waals surface area (Å²) in [6, 6.07) is 2.08. The third-order valence-corrected chi connectivity index (χ3v) is 5.10. The number of rotatable bonds is 4. The van der Waals surface area contributed by atoms with E-state index in [2.05, 4.69) is 31.1 Å². The number of nitrogens with one attached hydrogen (secondary N) is 1. The van der Waals surface area contributed by atoms with Crippen molar-refractivity contribution in [3.8, 4) is 0 Å². The van der Waals surface area contributed by atoms with Crippen LogP contribution in [0.3, 0.4) is 0 Å². The van der Waals surface area contributed by atoms with Crippen LogP contribution in [0.4, 0.5) is 19.0 Å². The van der Waals surface area contributed by atoms with Crippen molar-refractivity contribution >= 4 is 5.82 Å². The second-order valence-electron chi connectivity index (χ2n) is 6.81. The number of hydrogen-bond donors (Lipinski definition) is 1. The molecule has 1 fully saturated rings. The van der Waals surface area contributed by atoms with Crippen molar-refractivity contribution in [1.82, 2.24) is 4.98 Å². The van der Waals surface area contributed by atoms with Gasteiger partial charge in [-0.05, 0) is 55.1 Å². The van der Waals surface area contributed by atoms with Gasteiger partial charge < -0.3 is 5.32 Å². The van der Waals surface area contributed by atoms with Crippen LogP contribution in [0.2, 0.25) is 0 Å². The first kappa shape index (κ1) is 17.1. The first-order valence-electron chi connectivity index (χ1n) is 8.04. The topological polar surface area (TPSA) is 24.9 Å². The normalized spacial score (nSPS) is 29.4. The molecule has 2 nitrogen and oxygen atoms in total. The van der Waals surface area contributed by atoms with E-state index in [-0.39, 0.29) is 0 Å². The molecule has 5 heteroatoms. The highest BCUT2D eigenvalue weighted by Gasteiger charge is 2.31. The number of aromatic nitrogens is 1. The molecule has 0 spiro atoms. The fourth-order valence-corrected chi connectivity index (χ4v) is 3.44. The number of anilines is 1. The number of alkyl halides is 3. The number of hydrogen-bond acceptors (Lipinski definition) is 2. The highest BCUT2D eigenvalue weighted by atomic mass is 19.4. The monoisotopic (exact) mass is 314 g/mol. The molecule has 0 saturated heterocycles. The second kappa shape index (κ2) is 6.88. The minimum atomic E-state index is -4.32. The number of pyridine rings is 1. The zero-order valence-corrected chi connectivity index (χ0v) is 13.5. The van der Waals surface area contributed by atoms with Gasteiger partial charge in [-0.3, -0.25) is 0 Å². The molecule has 1 N–H and O–H groups in total. The quantitative estimate of drug-likeness (QED) is 0.824. The van der Waals surface area contributed by atoms with E-state index in [1.807, 2.05) is 0 Å². The zero-order chi connectivity index (χ0) is 16.3. The fourth-order valence-electron chi connectivity index (χ4n) is 3.44. The Hall–Kier alpha value is -1.26. The lowest BCUT2D eigenvalue weighted by molar-refractivity contribution is -0.137. The van der Waals surface area contributed by atoms with Crippen LogP contribution in [0.25, 0.3) is 0 Å². The van der Waals surface area contributed by atoms with E-state index in [9.17, 15) is 13.2 Å². The second-order valence-corrected chi connectivity index (χ2v) is 6.81. The molecule has 2 rings (SSSR count). The van der Waals surface area contributed by atoms with Crippen molar-refractivity contribution in [3.63, 3.8) is 0 Å². The molecule has 0 radical (unpaired) electrons. The Balaban J connectivity index is 1.86. The molecule has 1 aromatic rings. The predicted molar refractivity (Wildman–Crippen MR) is 82.6 cm³/mol. The van der Waals surface area contributed by atoms with E-state index < -0.39 is 11.7 Å². The largest absolute Gasteiger partial charge is 0.416 e. The summed E-state index contributed by atoms with van der Waals surface area (Å²) >= 11 is 0. The summed E-state index contributed by atoms with van der Waals surface area (Å²) < 4.78 is 38.0. The first-order chi connectivity index (χ1) is 10.3. The molecule has 1 heterocycles. The van der Waals surface area contributed by atoms with Crippen LogP contribution in [-0.4, -0.2) is 11.5 Å². The molecule has 0 aliphatic heterocycles. The average Bonchev–Trinajstić information content (AvgIpc) is 2.44. The van der Waals surface area contributed by atoms with Crippen LogP contribution in [0.5, 0.6) is 0 Å². The number of halogens is 3. The summed E-state index contributed by atoms with van der Waals surface area (Å²) in [5, 5.41) is 3.04. The molecule has 124 valence electrons. The molecule has 0 bridgehead atoms. The summed E-state index contributed by atoms with van der Waals surface area (Å²) in [5.41, 5.74) is -0.654. The van der Waals surface area contributed by atoms with E-state index >= 15 is 0 Å². The van der Waals surface area contributed by atoms with Gasteiger partial charge in [0, 0.05) is 12.7 Å². The summed E-state index contributed by atoms with van der Waals surface area (Å²) in [6.07, 6.45) is 0.324. The molecular weight excluding hydrogens is 289 g/mol. The highest BCUT2D eigenvalue weighted by Crippen LogP contribution is 2.39. The Kier molecular flexibility index (Phi) is 5.35. The van der Waals surface area contributed by atoms with Crippen molar-refractivity contribution in [1.29, 1.82) is 0 Å². The maximum Gasteiger partial charge on any atom is 0.416 e. The van der Waals surface area contributed by atoms with E-state index in [1.165, 1.54) is 19.0 Å². The minimum Gasteiger partial charge on any atom is -0.370 e. The SMILES string of the molecule is CC1CC(C)C(CCNc2cc(C(F)(F)F)ccn2)CC1C. The van der Waals surface area contributed by atoms with Crippen LogP contribution < -0.4 is 5.32 Å². The van der Waals surface area contributed by atoms with Gasteiger partial charge >= 0.3 is 6.18 Å². The van der Waals surface area contributed by atoms with Crippen LogP contribution in [-0.2, 0) is 6.18 Å². The summed E-state index contributed by atoms with van der Waals surface area (Å²) in [7, 11) is 0. The standard InChI is InChI=1S/C17H25F3N2/c1-11-8-13(3)14(9-12(11)2)4-6-21-16-10-15(5-7-22-16)17(18,19)20/h5,7,10-14H,4,6,8-9H2,1-3H3,(H,21,22). The van der Waals surface area contributed by atoms with Crippen LogP contribution in [0.1, 0.15) is 45.6 Å². The van der Waals surface area contributed by atoms with Crippen molar-refractivity contribution < 1.29 is 13.2 Å². The Bertz CT molecular complexity index is 487. The number of nitrogens with zero attached hydrogens (tertiary/aromatic N) is 1. The molecule has 4 atom stereocenters. The van der Waals surface area contributed by atoms with Crippen molar-refractivity contribution in [2.75, 3.05) is 11.9 Å². The molecule has 1 aliphatic rings. The van der Waals surface area contributed by atoms with E-state index in [0.717, 1.165) is 30.4 Å². The van der Waals surface area contributed by atoms with Gasteiger partial charge in [-0.1, -0.05) is 20.8 Å². The third kappa shape index (κ3) is 4.37. The van der Waals surface area contributed by atoms with Gasteiger partial charge in [0.2, 0.25) is 0 Å². The van der Waals surface area contributed by atoms with Gasteiger partial charge in [0.05, 0.1) is 5.56 Å². The maximum absolute atomic E-state index is 12.7. The Labute approximate surface area is 130 Å². The Morgan fingerprint density at radius 1 is 1.14 bits per heavy atom. The van der Waals surface area contributed by atoms with Gasteiger partial charge in [-0.2, -0.15) is 13.2 Å². The predicted octanol–water partition coefficient (Wildman–Crippen LogP) is 5.22. The summed E-state index contributed by atoms with van der Waals surface area (Å²) in [5.74, 6) is 3.13. The smallest absolute Gasteiger partial charge is 0.370 e. The molecule has 0 amide bonds. The van der Waals surface area contributed by atoms with Crippen LogP contribution >= 0.6 is 0 Å². The average molecular weight is 314 g/mol. The Morgan fingerprint density at radius 2 is 1.82 bits per heavy atom. The fraction of sp³-hybridized carbons (Fsp3) is 0.706. The zero-order valence-electron chi connectivity index (χ0n) is 13.5. The molecule has 1 aromatic heterocycles. The van der Waals surface area contributed by atoms with Gasteiger partial charge in [-0.25, -0.2) is 4.98 Å². The molecule has 0 aromatic carbocycles. The van der Waals surface area contributed by atoms with Gasteiger partial charge in [0.15, 0.2) is 0 Å². The maximum atomic E-state index is 12.7. The van der Waals surface area contributed by atoms with Crippen molar-refractivity contribution in [3.05, 3.63) is 23.9 Å². The van der Waals surface area contributed by atoms with Gasteiger partial charge in [-0.15, -0.1) is 0 Å². The summed E-state index contributed by atoms with van der Waals surface area (Å²) in [6.45, 7) is 7.56. The lowest BCUT2D eigenvalue weighted by Gasteiger charge is -2.37. The minimum absolute atomic E-state index is 0.305. The lowest BCUT2D eigenvalue weighted by atomic mass is 9.69. The molecule has 4 unspecified atom stereocenters. The van der Waals surface area contributed by atoms with E-state index in [1.54, 1.807) is 0 Å². The molecule has 1 saturated carbocycles. The lowest BCUT2D eigenvalue weighted by Crippen LogP contribution is -2.29. The Morgan fingerprint density at radius 3 is 2.50 bits per heavy atom. The van der Waals surface area contributed by atoms with E-state index in [4.69, 9.17) is 0 Å². The van der Waals surface area contributed by atoms with Gasteiger partial charge in [0.1, 0.15) is 5.82 Å². The van der Waals surface area contributed by atoms with Gasteiger partial charge in [0.25, 0.3) is 0 Å². The van der Waals surface area contributed by atoms with Crippen LogP contribution in [0, 0.1) is 23.7 Å². The summed E-state index contributed by atoms with van der Waals surface area (Å²) in [4.78, 5) is 3.97. The van der Waals surface area contributed by atoms with Crippen molar-refractivity contribution in [2.45, 2.75) is 46.2 Å². The molecule has 22 heavy (non-hydrogen) atoms. The highest BCUT2D eigenvalue weighted by molar-refractivity contribution is 5.38. The molecular formula is C17H25F3N2. The molecule has 1 aliphatic carbocycles. The first-order valence-corrected chi connectivity index (χ1v) is 8.04. The van der Waals surface area contributed by atoms with Crippen LogP contribution in [0.15, 0.2) is 18.3 Å². The third-order valence-electron chi connectivity index (χ3n) is 5.10. The van der Waals surface area contributed by atoms with Crippen molar-refractivity contribution in [2.24, 2.45) is 23.7 Å².